The van der Waals surface area contributed by atoms with E-state index in [1.807, 2.05) is 18.7 Å². The quantitative estimate of drug-likeness (QED) is 0.842. The van der Waals surface area contributed by atoms with Crippen LogP contribution in [-0.4, -0.2) is 24.5 Å². The third-order valence-electron chi connectivity index (χ3n) is 3.82. The number of hydrogen-bond donors (Lipinski definition) is 1. The summed E-state index contributed by atoms with van der Waals surface area (Å²) in [4.78, 5) is 14.7. The van der Waals surface area contributed by atoms with Crippen LogP contribution in [0.1, 0.15) is 31.9 Å². The van der Waals surface area contributed by atoms with E-state index in [2.05, 4.69) is 44.3 Å². The normalized spacial score (nSPS) is 23.3. The van der Waals surface area contributed by atoms with E-state index < -0.39 is 5.54 Å². The van der Waals surface area contributed by atoms with Crippen LogP contribution in [0.5, 0.6) is 0 Å². The highest BCUT2D eigenvalue weighted by molar-refractivity contribution is 6.00. The second-order valence-corrected chi connectivity index (χ2v) is 6.32. The molecule has 1 heterocycles. The van der Waals surface area contributed by atoms with Gasteiger partial charge in [-0.15, -0.1) is 0 Å². The molecular weight excluding hydrogens is 236 g/mol. The lowest BCUT2D eigenvalue weighted by Gasteiger charge is -2.30. The lowest BCUT2D eigenvalue weighted by atomic mass is 10.0. The molecule has 0 spiro atoms. The number of benzene rings is 1. The summed E-state index contributed by atoms with van der Waals surface area (Å²) in [5.41, 5.74) is 2.90. The van der Waals surface area contributed by atoms with Gasteiger partial charge >= 0.3 is 0 Å². The Morgan fingerprint density at radius 3 is 2.68 bits per heavy atom. The SMILES string of the molecule is Cc1ccc(C)c(N2CC(C)CNC(C)(C)C2=O)c1. The second-order valence-electron chi connectivity index (χ2n) is 6.32. The van der Waals surface area contributed by atoms with Crippen LogP contribution in [0.4, 0.5) is 5.69 Å². The molecule has 0 bridgehead atoms. The highest BCUT2D eigenvalue weighted by atomic mass is 16.2. The van der Waals surface area contributed by atoms with Gasteiger partial charge in [-0.3, -0.25) is 4.79 Å². The van der Waals surface area contributed by atoms with Gasteiger partial charge in [-0.05, 0) is 50.8 Å². The van der Waals surface area contributed by atoms with Gasteiger partial charge in [-0.2, -0.15) is 0 Å². The summed E-state index contributed by atoms with van der Waals surface area (Å²) in [7, 11) is 0. The average molecular weight is 260 g/mol. The number of nitrogens with zero attached hydrogens (tertiary/aromatic N) is 1. The summed E-state index contributed by atoms with van der Waals surface area (Å²) in [5, 5.41) is 3.36. The van der Waals surface area contributed by atoms with Crippen molar-refractivity contribution in [1.82, 2.24) is 5.32 Å². The summed E-state index contributed by atoms with van der Waals surface area (Å²) >= 11 is 0. The molecule has 1 aliphatic rings. The van der Waals surface area contributed by atoms with Crippen LogP contribution in [0.3, 0.4) is 0 Å². The molecule has 3 nitrogen and oxygen atoms in total. The van der Waals surface area contributed by atoms with Crippen LogP contribution in [0.2, 0.25) is 0 Å². The summed E-state index contributed by atoms with van der Waals surface area (Å²) < 4.78 is 0. The van der Waals surface area contributed by atoms with E-state index in [1.165, 1.54) is 5.56 Å². The van der Waals surface area contributed by atoms with Gasteiger partial charge in [0.1, 0.15) is 0 Å². The molecule has 1 aromatic rings. The van der Waals surface area contributed by atoms with Crippen LogP contribution in [-0.2, 0) is 4.79 Å². The Bertz CT molecular complexity index is 494. The second kappa shape index (κ2) is 4.97. The van der Waals surface area contributed by atoms with E-state index in [0.717, 1.165) is 24.3 Å². The van der Waals surface area contributed by atoms with Crippen molar-refractivity contribution in [1.29, 1.82) is 0 Å². The van der Waals surface area contributed by atoms with Gasteiger partial charge < -0.3 is 10.2 Å². The first-order valence-electron chi connectivity index (χ1n) is 6.95. The Morgan fingerprint density at radius 2 is 2.00 bits per heavy atom. The highest BCUT2D eigenvalue weighted by Gasteiger charge is 2.36. The molecule has 3 heteroatoms. The molecule has 1 unspecified atom stereocenters. The predicted octanol–water partition coefficient (Wildman–Crippen LogP) is 2.65. The molecule has 1 aromatic carbocycles. The maximum absolute atomic E-state index is 12.7. The van der Waals surface area contributed by atoms with Gasteiger partial charge in [0.25, 0.3) is 0 Å². The summed E-state index contributed by atoms with van der Waals surface area (Å²) in [6, 6.07) is 6.29. The molecule has 0 aliphatic carbocycles. The predicted molar refractivity (Wildman–Crippen MR) is 79.5 cm³/mol. The molecule has 0 radical (unpaired) electrons. The number of anilines is 1. The van der Waals surface area contributed by atoms with Gasteiger partial charge in [0.15, 0.2) is 0 Å². The molecule has 1 fully saturated rings. The van der Waals surface area contributed by atoms with Crippen molar-refractivity contribution in [2.45, 2.75) is 40.2 Å². The Morgan fingerprint density at radius 1 is 1.32 bits per heavy atom. The lowest BCUT2D eigenvalue weighted by Crippen LogP contribution is -2.52. The van der Waals surface area contributed by atoms with Crippen LogP contribution < -0.4 is 10.2 Å². The van der Waals surface area contributed by atoms with Crippen LogP contribution >= 0.6 is 0 Å². The summed E-state index contributed by atoms with van der Waals surface area (Å²) in [5.74, 6) is 0.608. The number of amides is 1. The fourth-order valence-corrected chi connectivity index (χ4v) is 2.52. The molecule has 19 heavy (non-hydrogen) atoms. The monoisotopic (exact) mass is 260 g/mol. The van der Waals surface area contributed by atoms with Crippen molar-refractivity contribution in [3.05, 3.63) is 29.3 Å². The van der Waals surface area contributed by atoms with E-state index in [0.29, 0.717) is 5.92 Å². The molecule has 1 amide bonds. The molecular formula is C16H24N2O. The van der Waals surface area contributed by atoms with Crippen LogP contribution in [0, 0.1) is 19.8 Å². The third-order valence-corrected chi connectivity index (χ3v) is 3.82. The summed E-state index contributed by atoms with van der Waals surface area (Å²) in [6.45, 7) is 11.9. The van der Waals surface area contributed by atoms with Crippen molar-refractivity contribution < 1.29 is 4.79 Å². The number of hydrogen-bond acceptors (Lipinski definition) is 2. The van der Waals surface area contributed by atoms with Crippen LogP contribution in [0.25, 0.3) is 0 Å². The number of carbonyl (C=O) groups excluding carboxylic acids is 1. The zero-order valence-corrected chi connectivity index (χ0v) is 12.6. The Balaban J connectivity index is 2.45. The third kappa shape index (κ3) is 2.81. The number of carbonyl (C=O) groups is 1. The maximum Gasteiger partial charge on any atom is 0.246 e. The van der Waals surface area contributed by atoms with Gasteiger partial charge in [-0.1, -0.05) is 19.1 Å². The van der Waals surface area contributed by atoms with E-state index >= 15 is 0 Å². The molecule has 1 aliphatic heterocycles. The first-order valence-corrected chi connectivity index (χ1v) is 6.95. The average Bonchev–Trinajstić information content (AvgIpc) is 2.44. The smallest absolute Gasteiger partial charge is 0.246 e. The maximum atomic E-state index is 12.7. The Kier molecular flexibility index (Phi) is 3.68. The van der Waals surface area contributed by atoms with Gasteiger partial charge in [0, 0.05) is 18.8 Å². The molecule has 0 saturated carbocycles. The van der Waals surface area contributed by atoms with E-state index in [-0.39, 0.29) is 5.91 Å². The fourth-order valence-electron chi connectivity index (χ4n) is 2.52. The number of nitrogens with one attached hydrogen (secondary N) is 1. The topological polar surface area (TPSA) is 32.3 Å². The van der Waals surface area contributed by atoms with Crippen molar-refractivity contribution in [3.8, 4) is 0 Å². The minimum absolute atomic E-state index is 0.158. The standard InChI is InChI=1S/C16H24N2O/c1-11-6-7-13(3)14(8-11)18-10-12(2)9-17-16(4,5)15(18)19/h6-8,12,17H,9-10H2,1-5H3. The molecule has 1 saturated heterocycles. The van der Waals surface area contributed by atoms with Crippen LogP contribution in [0.15, 0.2) is 18.2 Å². The van der Waals surface area contributed by atoms with Gasteiger partial charge in [0.2, 0.25) is 5.91 Å². The summed E-state index contributed by atoms with van der Waals surface area (Å²) in [6.07, 6.45) is 0. The minimum Gasteiger partial charge on any atom is -0.310 e. The number of rotatable bonds is 1. The van der Waals surface area contributed by atoms with Gasteiger partial charge in [0.05, 0.1) is 5.54 Å². The van der Waals surface area contributed by atoms with E-state index in [1.54, 1.807) is 0 Å². The molecule has 1 atom stereocenters. The molecule has 0 aromatic heterocycles. The van der Waals surface area contributed by atoms with Crippen molar-refractivity contribution in [3.63, 3.8) is 0 Å². The van der Waals surface area contributed by atoms with Crippen molar-refractivity contribution in [2.24, 2.45) is 5.92 Å². The first-order chi connectivity index (χ1) is 8.81. The molecule has 2 rings (SSSR count). The zero-order valence-electron chi connectivity index (χ0n) is 12.6. The van der Waals surface area contributed by atoms with Crippen molar-refractivity contribution >= 4 is 11.6 Å². The molecule has 104 valence electrons. The Labute approximate surface area is 116 Å². The van der Waals surface area contributed by atoms with E-state index in [9.17, 15) is 4.79 Å². The lowest BCUT2D eigenvalue weighted by molar-refractivity contribution is -0.123. The van der Waals surface area contributed by atoms with Crippen molar-refractivity contribution in [2.75, 3.05) is 18.0 Å². The van der Waals surface area contributed by atoms with E-state index in [4.69, 9.17) is 0 Å². The minimum atomic E-state index is -0.499. The largest absolute Gasteiger partial charge is 0.310 e. The Hall–Kier alpha value is -1.35. The first kappa shape index (κ1) is 14.1. The van der Waals surface area contributed by atoms with Gasteiger partial charge in [-0.25, -0.2) is 0 Å². The number of aryl methyl sites for hydroxylation is 2. The fraction of sp³-hybridized carbons (Fsp3) is 0.562. The zero-order chi connectivity index (χ0) is 14.2. The highest BCUT2D eigenvalue weighted by Crippen LogP contribution is 2.26. The molecule has 1 N–H and O–H groups in total.